The van der Waals surface area contributed by atoms with E-state index in [0.29, 0.717) is 13.0 Å². The summed E-state index contributed by atoms with van der Waals surface area (Å²) in [5.74, 6) is -0.975. The average Bonchev–Trinajstić information content (AvgIpc) is 2.25. The van der Waals surface area contributed by atoms with Crippen LogP contribution in [0, 0.1) is 5.92 Å². The zero-order chi connectivity index (χ0) is 12.3. The molecule has 4 nitrogen and oxygen atoms in total. The summed E-state index contributed by atoms with van der Waals surface area (Å²) in [6, 6.07) is 0. The van der Waals surface area contributed by atoms with E-state index in [0.717, 1.165) is 13.0 Å². The van der Waals surface area contributed by atoms with Crippen LogP contribution in [-0.2, 0) is 14.3 Å². The van der Waals surface area contributed by atoms with Gasteiger partial charge in [0.2, 0.25) is 0 Å². The minimum Gasteiger partial charge on any atom is -0.459 e. The van der Waals surface area contributed by atoms with E-state index < -0.39 is 11.5 Å². The summed E-state index contributed by atoms with van der Waals surface area (Å²) in [6.07, 6.45) is 1.31. The van der Waals surface area contributed by atoms with Gasteiger partial charge in [0, 0.05) is 13.0 Å². The Kier molecular flexibility index (Phi) is 4.08. The van der Waals surface area contributed by atoms with Crippen LogP contribution in [0.2, 0.25) is 0 Å². The molecule has 4 heteroatoms. The Morgan fingerprint density at radius 2 is 2.06 bits per heavy atom. The summed E-state index contributed by atoms with van der Waals surface area (Å²) < 4.78 is 5.27. The Morgan fingerprint density at radius 1 is 1.44 bits per heavy atom. The third kappa shape index (κ3) is 3.93. The maximum atomic E-state index is 11.9. The van der Waals surface area contributed by atoms with Gasteiger partial charge < -0.3 is 9.64 Å². The molecule has 0 aliphatic carbocycles. The second-order valence-electron chi connectivity index (χ2n) is 5.42. The minimum atomic E-state index is -0.605. The van der Waals surface area contributed by atoms with Crippen molar-refractivity contribution in [1.29, 1.82) is 0 Å². The van der Waals surface area contributed by atoms with E-state index in [4.69, 9.17) is 4.74 Å². The predicted molar refractivity (Wildman–Crippen MR) is 61.1 cm³/mol. The fourth-order valence-corrected chi connectivity index (χ4v) is 1.78. The highest BCUT2D eigenvalue weighted by Gasteiger charge is 2.33. The Morgan fingerprint density at radius 3 is 2.62 bits per heavy atom. The van der Waals surface area contributed by atoms with Crippen molar-refractivity contribution in [3.05, 3.63) is 0 Å². The zero-order valence-electron chi connectivity index (χ0n) is 10.6. The molecule has 0 spiro atoms. The fourth-order valence-electron chi connectivity index (χ4n) is 1.78. The Bertz CT molecular complexity index is 280. The number of likely N-dealkylation sites (tertiary alicyclic amines) is 1. The second-order valence-corrected chi connectivity index (χ2v) is 5.42. The molecule has 1 heterocycles. The quantitative estimate of drug-likeness (QED) is 0.499. The molecule has 0 aromatic carbocycles. The van der Waals surface area contributed by atoms with Gasteiger partial charge in [-0.05, 0) is 40.8 Å². The van der Waals surface area contributed by atoms with Crippen LogP contribution in [0.4, 0.5) is 0 Å². The van der Waals surface area contributed by atoms with Gasteiger partial charge in [0.25, 0.3) is 0 Å². The van der Waals surface area contributed by atoms with Crippen molar-refractivity contribution in [3.63, 3.8) is 0 Å². The van der Waals surface area contributed by atoms with Crippen LogP contribution in [0.25, 0.3) is 0 Å². The Labute approximate surface area is 96.9 Å². The SMILES string of the molecule is CN1CCCC(=O)C(C(=O)OC(C)(C)C)C1. The van der Waals surface area contributed by atoms with Crippen LogP contribution >= 0.6 is 0 Å². The maximum Gasteiger partial charge on any atom is 0.318 e. The van der Waals surface area contributed by atoms with Crippen molar-refractivity contribution in [3.8, 4) is 0 Å². The molecule has 0 aromatic heterocycles. The zero-order valence-corrected chi connectivity index (χ0v) is 10.6. The molecule has 1 unspecified atom stereocenters. The second kappa shape index (κ2) is 4.95. The number of hydrogen-bond donors (Lipinski definition) is 0. The molecular weight excluding hydrogens is 206 g/mol. The Balaban J connectivity index is 2.68. The summed E-state index contributed by atoms with van der Waals surface area (Å²) in [5.41, 5.74) is -0.526. The number of rotatable bonds is 1. The summed E-state index contributed by atoms with van der Waals surface area (Å²) in [5, 5.41) is 0. The van der Waals surface area contributed by atoms with Crippen LogP contribution in [0.5, 0.6) is 0 Å². The van der Waals surface area contributed by atoms with Crippen LogP contribution in [-0.4, -0.2) is 42.4 Å². The molecule has 0 bridgehead atoms. The van der Waals surface area contributed by atoms with E-state index in [9.17, 15) is 9.59 Å². The van der Waals surface area contributed by atoms with Gasteiger partial charge >= 0.3 is 5.97 Å². The molecule has 0 aromatic rings. The van der Waals surface area contributed by atoms with Crippen molar-refractivity contribution >= 4 is 11.8 Å². The molecular formula is C12H21NO3. The predicted octanol–water partition coefficient (Wildman–Crippen LogP) is 1.24. The largest absolute Gasteiger partial charge is 0.459 e. The average molecular weight is 227 g/mol. The summed E-state index contributed by atoms with van der Waals surface area (Å²) in [4.78, 5) is 25.6. The standard InChI is InChI=1S/C12H21NO3/c1-12(2,3)16-11(15)9-8-13(4)7-5-6-10(9)14/h9H,5-8H2,1-4H3. The molecule has 1 rings (SSSR count). The first-order valence-electron chi connectivity index (χ1n) is 5.74. The normalized spacial score (nSPS) is 24.0. The number of carbonyl (C=O) groups excluding carboxylic acids is 2. The van der Waals surface area contributed by atoms with E-state index in [1.54, 1.807) is 0 Å². The fraction of sp³-hybridized carbons (Fsp3) is 0.833. The van der Waals surface area contributed by atoms with Crippen LogP contribution < -0.4 is 0 Å². The van der Waals surface area contributed by atoms with Crippen molar-refractivity contribution in [2.75, 3.05) is 20.1 Å². The van der Waals surface area contributed by atoms with Gasteiger partial charge in [-0.15, -0.1) is 0 Å². The first kappa shape index (κ1) is 13.2. The van der Waals surface area contributed by atoms with Crippen molar-refractivity contribution in [2.24, 2.45) is 5.92 Å². The van der Waals surface area contributed by atoms with Gasteiger partial charge in [0.15, 0.2) is 0 Å². The first-order chi connectivity index (χ1) is 7.29. The summed E-state index contributed by atoms with van der Waals surface area (Å²) in [6.45, 7) is 6.79. The number of hydrogen-bond acceptors (Lipinski definition) is 4. The molecule has 1 saturated heterocycles. The lowest BCUT2D eigenvalue weighted by Crippen LogP contribution is -2.37. The maximum absolute atomic E-state index is 11.9. The number of Topliss-reactive ketones (excluding diaryl/α,β-unsaturated/α-hetero) is 1. The summed E-state index contributed by atoms with van der Waals surface area (Å²) >= 11 is 0. The lowest BCUT2D eigenvalue weighted by atomic mass is 10.0. The van der Waals surface area contributed by atoms with Gasteiger partial charge in [-0.3, -0.25) is 9.59 Å². The highest BCUT2D eigenvalue weighted by molar-refractivity contribution is 5.99. The number of carbonyl (C=O) groups is 2. The van der Waals surface area contributed by atoms with Gasteiger partial charge in [0.1, 0.15) is 17.3 Å². The monoisotopic (exact) mass is 227 g/mol. The minimum absolute atomic E-state index is 0.0126. The number of nitrogens with zero attached hydrogens (tertiary/aromatic N) is 1. The molecule has 1 aliphatic rings. The highest BCUT2D eigenvalue weighted by atomic mass is 16.6. The number of ether oxygens (including phenoxy) is 1. The number of esters is 1. The number of ketones is 1. The third-order valence-corrected chi connectivity index (χ3v) is 2.54. The third-order valence-electron chi connectivity index (χ3n) is 2.54. The first-order valence-corrected chi connectivity index (χ1v) is 5.74. The molecule has 0 saturated carbocycles. The summed E-state index contributed by atoms with van der Waals surface area (Å²) in [7, 11) is 1.93. The molecule has 1 fully saturated rings. The van der Waals surface area contributed by atoms with Gasteiger partial charge in [-0.1, -0.05) is 0 Å². The van der Waals surface area contributed by atoms with Gasteiger partial charge in [-0.2, -0.15) is 0 Å². The van der Waals surface area contributed by atoms with Crippen molar-refractivity contribution in [2.45, 2.75) is 39.2 Å². The molecule has 92 valence electrons. The smallest absolute Gasteiger partial charge is 0.318 e. The van der Waals surface area contributed by atoms with E-state index in [-0.39, 0.29) is 11.8 Å². The lowest BCUT2D eigenvalue weighted by molar-refractivity contribution is -0.162. The van der Waals surface area contributed by atoms with Crippen LogP contribution in [0.15, 0.2) is 0 Å². The van der Waals surface area contributed by atoms with Crippen LogP contribution in [0.3, 0.4) is 0 Å². The lowest BCUT2D eigenvalue weighted by Gasteiger charge is -2.24. The molecule has 0 radical (unpaired) electrons. The van der Waals surface area contributed by atoms with E-state index in [2.05, 4.69) is 0 Å². The van der Waals surface area contributed by atoms with E-state index in [1.165, 1.54) is 0 Å². The molecule has 0 N–H and O–H groups in total. The van der Waals surface area contributed by atoms with Crippen molar-refractivity contribution < 1.29 is 14.3 Å². The molecule has 1 aliphatic heterocycles. The van der Waals surface area contributed by atoms with Gasteiger partial charge in [-0.25, -0.2) is 0 Å². The van der Waals surface area contributed by atoms with E-state index in [1.807, 2.05) is 32.7 Å². The van der Waals surface area contributed by atoms with Crippen LogP contribution in [0.1, 0.15) is 33.6 Å². The van der Waals surface area contributed by atoms with E-state index >= 15 is 0 Å². The topological polar surface area (TPSA) is 46.6 Å². The molecule has 0 amide bonds. The van der Waals surface area contributed by atoms with Crippen molar-refractivity contribution in [1.82, 2.24) is 4.90 Å². The molecule has 1 atom stereocenters. The highest BCUT2D eigenvalue weighted by Crippen LogP contribution is 2.17. The molecule has 16 heavy (non-hydrogen) atoms. The Hall–Kier alpha value is -0.900. The van der Waals surface area contributed by atoms with Gasteiger partial charge in [0.05, 0.1) is 0 Å².